The number of aromatic nitrogens is 7. The van der Waals surface area contributed by atoms with Crippen molar-refractivity contribution in [2.45, 2.75) is 52.6 Å². The molecule has 0 saturated heterocycles. The van der Waals surface area contributed by atoms with Gasteiger partial charge in [0.05, 0.1) is 6.54 Å². The molecule has 0 amide bonds. The van der Waals surface area contributed by atoms with Gasteiger partial charge in [0.1, 0.15) is 0 Å². The quantitative estimate of drug-likeness (QED) is 0.517. The van der Waals surface area contributed by atoms with Crippen molar-refractivity contribution < 1.29 is 0 Å². The summed E-state index contributed by atoms with van der Waals surface area (Å²) in [5.74, 6) is 0.575. The molecular formula is C23H27N7O. The minimum Gasteiger partial charge on any atom is -0.294 e. The average molecular weight is 418 g/mol. The predicted octanol–water partition coefficient (Wildman–Crippen LogP) is 3.65. The molecule has 0 fully saturated rings. The fourth-order valence-electron chi connectivity index (χ4n) is 3.71. The Kier molecular flexibility index (Phi) is 5.54. The molecule has 8 nitrogen and oxygen atoms in total. The standard InChI is InChI=1S/C23H27N7O/c1-5-6-18-15-30(23(2,3)4)22(31)29(18)14-16-7-9-17(10-8-16)19-11-12-24-13-20(19)21-25-27-28-26-21/h7-13,15H,5-6,14H2,1-4H3,(H,25,26,27,28). The second kappa shape index (κ2) is 8.29. The van der Waals surface area contributed by atoms with Crippen molar-refractivity contribution >= 4 is 0 Å². The minimum absolute atomic E-state index is 0.0364. The third-order valence-corrected chi connectivity index (χ3v) is 5.32. The van der Waals surface area contributed by atoms with E-state index in [2.05, 4.69) is 77.6 Å². The van der Waals surface area contributed by atoms with E-state index < -0.39 is 0 Å². The van der Waals surface area contributed by atoms with Crippen molar-refractivity contribution in [2.24, 2.45) is 0 Å². The first-order valence-corrected chi connectivity index (χ1v) is 10.5. The van der Waals surface area contributed by atoms with Gasteiger partial charge in [-0.05, 0) is 60.4 Å². The summed E-state index contributed by atoms with van der Waals surface area (Å²) in [7, 11) is 0. The Balaban J connectivity index is 1.66. The maximum atomic E-state index is 13.1. The van der Waals surface area contributed by atoms with Gasteiger partial charge in [0.2, 0.25) is 0 Å². The number of imidazole rings is 1. The van der Waals surface area contributed by atoms with Crippen molar-refractivity contribution in [3.8, 4) is 22.5 Å². The first-order valence-electron chi connectivity index (χ1n) is 10.5. The van der Waals surface area contributed by atoms with E-state index in [1.807, 2.05) is 21.4 Å². The lowest BCUT2D eigenvalue weighted by atomic mass is 10.00. The number of tetrazole rings is 1. The lowest BCUT2D eigenvalue weighted by Crippen LogP contribution is -2.34. The number of hydrogen-bond donors (Lipinski definition) is 1. The van der Waals surface area contributed by atoms with Crippen molar-refractivity contribution in [2.75, 3.05) is 0 Å². The average Bonchev–Trinajstić information content (AvgIpc) is 3.39. The van der Waals surface area contributed by atoms with Crippen molar-refractivity contribution in [1.29, 1.82) is 0 Å². The highest BCUT2D eigenvalue weighted by molar-refractivity contribution is 5.79. The fourth-order valence-corrected chi connectivity index (χ4v) is 3.71. The molecule has 0 aliphatic rings. The second-order valence-electron chi connectivity index (χ2n) is 8.65. The molecule has 1 aromatic carbocycles. The van der Waals surface area contributed by atoms with Gasteiger partial charge in [-0.25, -0.2) is 9.89 Å². The van der Waals surface area contributed by atoms with E-state index in [4.69, 9.17) is 0 Å². The summed E-state index contributed by atoms with van der Waals surface area (Å²) in [6.45, 7) is 8.85. The van der Waals surface area contributed by atoms with E-state index in [9.17, 15) is 4.79 Å². The van der Waals surface area contributed by atoms with Crippen LogP contribution in [0.25, 0.3) is 22.5 Å². The van der Waals surface area contributed by atoms with E-state index in [0.717, 1.165) is 40.8 Å². The largest absolute Gasteiger partial charge is 0.329 e. The van der Waals surface area contributed by atoms with E-state index in [-0.39, 0.29) is 11.2 Å². The second-order valence-corrected chi connectivity index (χ2v) is 8.65. The van der Waals surface area contributed by atoms with E-state index >= 15 is 0 Å². The lowest BCUT2D eigenvalue weighted by Gasteiger charge is -2.19. The maximum Gasteiger partial charge on any atom is 0.329 e. The molecule has 8 heteroatoms. The smallest absolute Gasteiger partial charge is 0.294 e. The molecule has 0 spiro atoms. The molecule has 3 aromatic heterocycles. The molecule has 4 aromatic rings. The van der Waals surface area contributed by atoms with E-state index in [0.29, 0.717) is 12.4 Å². The molecule has 160 valence electrons. The van der Waals surface area contributed by atoms with Gasteiger partial charge in [-0.15, -0.1) is 5.10 Å². The van der Waals surface area contributed by atoms with Crippen molar-refractivity contribution in [3.05, 3.63) is 70.7 Å². The first-order chi connectivity index (χ1) is 14.9. The van der Waals surface area contributed by atoms with Gasteiger partial charge in [-0.3, -0.25) is 14.1 Å². The summed E-state index contributed by atoms with van der Waals surface area (Å²) in [6, 6.07) is 10.2. The summed E-state index contributed by atoms with van der Waals surface area (Å²) >= 11 is 0. The van der Waals surface area contributed by atoms with Gasteiger partial charge >= 0.3 is 5.69 Å². The zero-order valence-electron chi connectivity index (χ0n) is 18.3. The summed E-state index contributed by atoms with van der Waals surface area (Å²) < 4.78 is 3.73. The van der Waals surface area contributed by atoms with Crippen LogP contribution in [-0.2, 0) is 18.5 Å². The van der Waals surface area contributed by atoms with Crippen LogP contribution in [0.1, 0.15) is 45.4 Å². The van der Waals surface area contributed by atoms with Gasteiger partial charge in [0.15, 0.2) is 5.82 Å². The highest BCUT2D eigenvalue weighted by Crippen LogP contribution is 2.29. The number of nitrogens with zero attached hydrogens (tertiary/aromatic N) is 6. The van der Waals surface area contributed by atoms with Crippen LogP contribution in [0.4, 0.5) is 0 Å². The topological polar surface area (TPSA) is 94.3 Å². The summed E-state index contributed by atoms with van der Waals surface area (Å²) in [5.41, 5.74) is 4.79. The highest BCUT2D eigenvalue weighted by Gasteiger charge is 2.20. The Hall–Kier alpha value is -3.55. The summed E-state index contributed by atoms with van der Waals surface area (Å²) in [5, 5.41) is 14.1. The molecule has 0 atom stereocenters. The fraction of sp³-hybridized carbons (Fsp3) is 0.348. The van der Waals surface area contributed by atoms with Crippen LogP contribution in [0.15, 0.2) is 53.7 Å². The lowest BCUT2D eigenvalue weighted by molar-refractivity contribution is 0.380. The Morgan fingerprint density at radius 1 is 1.06 bits per heavy atom. The van der Waals surface area contributed by atoms with Gasteiger partial charge in [-0.1, -0.05) is 37.6 Å². The Morgan fingerprint density at radius 2 is 1.84 bits per heavy atom. The number of H-pyrrole nitrogens is 1. The van der Waals surface area contributed by atoms with Crippen LogP contribution in [-0.4, -0.2) is 34.7 Å². The Labute approximate surface area is 181 Å². The molecule has 1 N–H and O–H groups in total. The molecule has 0 aliphatic carbocycles. The summed E-state index contributed by atoms with van der Waals surface area (Å²) in [4.78, 5) is 17.3. The maximum absolute atomic E-state index is 13.1. The van der Waals surface area contributed by atoms with Gasteiger partial charge in [0, 0.05) is 35.4 Å². The molecule has 0 aliphatic heterocycles. The molecule has 0 bridgehead atoms. The van der Waals surface area contributed by atoms with Crippen LogP contribution in [0.5, 0.6) is 0 Å². The Morgan fingerprint density at radius 3 is 2.48 bits per heavy atom. The monoisotopic (exact) mass is 417 g/mol. The first kappa shape index (κ1) is 20.7. The number of benzene rings is 1. The SMILES string of the molecule is CCCc1cn(C(C)(C)C)c(=O)n1Cc1ccc(-c2ccncc2-c2nnn[nH]2)cc1. The Bertz CT molecular complexity index is 1210. The highest BCUT2D eigenvalue weighted by atomic mass is 16.1. The number of aromatic amines is 1. The number of pyridine rings is 1. The van der Waals surface area contributed by atoms with Crippen molar-refractivity contribution in [3.63, 3.8) is 0 Å². The van der Waals surface area contributed by atoms with Crippen LogP contribution < -0.4 is 5.69 Å². The van der Waals surface area contributed by atoms with Crippen molar-refractivity contribution in [1.82, 2.24) is 34.7 Å². The number of aryl methyl sites for hydroxylation is 1. The van der Waals surface area contributed by atoms with Gasteiger partial charge in [0.25, 0.3) is 0 Å². The van der Waals surface area contributed by atoms with Crippen LogP contribution in [0.2, 0.25) is 0 Å². The third-order valence-electron chi connectivity index (χ3n) is 5.32. The van der Waals surface area contributed by atoms with E-state index in [1.165, 1.54) is 0 Å². The minimum atomic E-state index is -0.248. The molecule has 0 radical (unpaired) electrons. The number of rotatable bonds is 6. The zero-order chi connectivity index (χ0) is 22.0. The van der Waals surface area contributed by atoms with Crippen LogP contribution in [0, 0.1) is 0 Å². The predicted molar refractivity (Wildman–Crippen MR) is 120 cm³/mol. The third kappa shape index (κ3) is 4.19. The molecule has 4 rings (SSSR count). The van der Waals surface area contributed by atoms with Gasteiger partial charge < -0.3 is 0 Å². The molecule has 3 heterocycles. The van der Waals surface area contributed by atoms with Crippen LogP contribution >= 0.6 is 0 Å². The van der Waals surface area contributed by atoms with E-state index in [1.54, 1.807) is 12.4 Å². The number of hydrogen-bond acceptors (Lipinski definition) is 5. The zero-order valence-corrected chi connectivity index (χ0v) is 18.3. The normalized spacial score (nSPS) is 11.7. The molecule has 31 heavy (non-hydrogen) atoms. The number of nitrogens with one attached hydrogen (secondary N) is 1. The summed E-state index contributed by atoms with van der Waals surface area (Å²) in [6.07, 6.45) is 7.38. The van der Waals surface area contributed by atoms with Crippen LogP contribution in [0.3, 0.4) is 0 Å². The molecule has 0 saturated carbocycles. The van der Waals surface area contributed by atoms with Gasteiger partial charge in [-0.2, -0.15) is 0 Å². The molecule has 0 unspecified atom stereocenters. The molecular weight excluding hydrogens is 390 g/mol.